The molecule has 5 N–H and O–H groups in total. The van der Waals surface area contributed by atoms with E-state index in [4.69, 9.17) is 16.2 Å². The second-order valence-corrected chi connectivity index (χ2v) is 5.94. The molecule has 22 heavy (non-hydrogen) atoms. The molecule has 0 aromatic heterocycles. The number of fused-ring (bicyclic) bond motifs is 1. The van der Waals surface area contributed by atoms with Crippen LogP contribution >= 0.6 is 0 Å². The molecule has 1 aromatic carbocycles. The molecule has 0 bridgehead atoms. The van der Waals surface area contributed by atoms with Crippen molar-refractivity contribution < 1.29 is 13.2 Å². The predicted molar refractivity (Wildman–Crippen MR) is 86.5 cm³/mol. The summed E-state index contributed by atoms with van der Waals surface area (Å²) in [6.07, 6.45) is 1.69. The summed E-state index contributed by atoms with van der Waals surface area (Å²) in [4.78, 5) is 3.97. The minimum atomic E-state index is -3.81. The van der Waals surface area contributed by atoms with Crippen molar-refractivity contribution in [2.75, 3.05) is 18.4 Å². The number of ether oxygens (including phenoxy) is 1. The highest BCUT2D eigenvalue weighted by Gasteiger charge is 2.24. The topological polar surface area (TPSA) is 132 Å². The van der Waals surface area contributed by atoms with Crippen molar-refractivity contribution in [3.05, 3.63) is 35.5 Å². The van der Waals surface area contributed by atoms with Gasteiger partial charge in [0.1, 0.15) is 12.4 Å². The second kappa shape index (κ2) is 6.06. The largest absolute Gasteiger partial charge is 0.487 e. The lowest BCUT2D eigenvalue weighted by atomic mass is 10.1. The summed E-state index contributed by atoms with van der Waals surface area (Å²) in [5.41, 5.74) is 13.5. The van der Waals surface area contributed by atoms with Gasteiger partial charge in [0, 0.05) is 18.5 Å². The summed E-state index contributed by atoms with van der Waals surface area (Å²) in [6.45, 7) is 1.93. The standard InChI is InChI=1S/C13H17N5O3S/c1-8(16-2)6-9(14)7-21-11-5-3-4-10-12(11)13(15)18-22(19,20)17-10/h3-6,17H,7,14H2,1-2H3,(H2,15,18). The third kappa shape index (κ3) is 3.55. The van der Waals surface area contributed by atoms with Crippen LogP contribution in [0.1, 0.15) is 12.5 Å². The number of amidine groups is 1. The monoisotopic (exact) mass is 323 g/mol. The Morgan fingerprint density at radius 1 is 1.50 bits per heavy atom. The molecule has 0 aliphatic carbocycles. The van der Waals surface area contributed by atoms with Gasteiger partial charge in [-0.2, -0.15) is 8.42 Å². The van der Waals surface area contributed by atoms with Gasteiger partial charge in [0.15, 0.2) is 5.84 Å². The van der Waals surface area contributed by atoms with Crippen molar-refractivity contribution in [3.63, 3.8) is 0 Å². The highest BCUT2D eigenvalue weighted by Crippen LogP contribution is 2.30. The summed E-state index contributed by atoms with van der Waals surface area (Å²) in [5.74, 6) is 0.266. The zero-order valence-electron chi connectivity index (χ0n) is 12.2. The molecule has 0 fully saturated rings. The number of anilines is 1. The number of hydrogen-bond donors (Lipinski definition) is 3. The Labute approximate surface area is 128 Å². The SMILES string of the molecule is CN=C(C)C=C(N)COc1cccc2c1C(N)=NS(=O)(=O)N2. The fourth-order valence-corrected chi connectivity index (χ4v) is 2.72. The Balaban J connectivity index is 2.27. The summed E-state index contributed by atoms with van der Waals surface area (Å²) in [6, 6.07) is 4.89. The number of allylic oxidation sites excluding steroid dienone is 1. The van der Waals surface area contributed by atoms with Gasteiger partial charge in [-0.15, -0.1) is 4.40 Å². The van der Waals surface area contributed by atoms with Gasteiger partial charge in [0.25, 0.3) is 0 Å². The summed E-state index contributed by atoms with van der Waals surface area (Å²) < 4.78 is 34.3. The number of nitrogens with two attached hydrogens (primary N) is 2. The molecule has 0 radical (unpaired) electrons. The fourth-order valence-electron chi connectivity index (χ4n) is 1.87. The van der Waals surface area contributed by atoms with Crippen molar-refractivity contribution in [1.29, 1.82) is 0 Å². The van der Waals surface area contributed by atoms with Crippen LogP contribution in [0.3, 0.4) is 0 Å². The van der Waals surface area contributed by atoms with Gasteiger partial charge < -0.3 is 16.2 Å². The van der Waals surface area contributed by atoms with Gasteiger partial charge in [-0.1, -0.05) is 6.07 Å². The van der Waals surface area contributed by atoms with Crippen molar-refractivity contribution >= 4 is 27.4 Å². The third-order valence-electron chi connectivity index (χ3n) is 2.88. The molecule has 9 heteroatoms. The maximum Gasteiger partial charge on any atom is 0.344 e. The Morgan fingerprint density at radius 2 is 2.23 bits per heavy atom. The number of nitrogens with one attached hydrogen (secondary N) is 1. The maximum absolute atomic E-state index is 11.5. The molecular weight excluding hydrogens is 306 g/mol. The van der Waals surface area contributed by atoms with Crippen LogP contribution in [0.25, 0.3) is 0 Å². The van der Waals surface area contributed by atoms with Crippen LogP contribution in [0.5, 0.6) is 5.75 Å². The van der Waals surface area contributed by atoms with Crippen LogP contribution in [0, 0.1) is 0 Å². The average Bonchev–Trinajstić information content (AvgIpc) is 2.43. The summed E-state index contributed by atoms with van der Waals surface area (Å²) in [5, 5.41) is 0. The molecule has 1 heterocycles. The second-order valence-electron chi connectivity index (χ2n) is 4.61. The van der Waals surface area contributed by atoms with Crippen molar-refractivity contribution in [2.45, 2.75) is 6.92 Å². The van der Waals surface area contributed by atoms with Gasteiger partial charge in [-0.25, -0.2) is 0 Å². The smallest absolute Gasteiger partial charge is 0.344 e. The molecule has 0 saturated heterocycles. The lowest BCUT2D eigenvalue weighted by molar-refractivity contribution is 0.350. The van der Waals surface area contributed by atoms with E-state index in [-0.39, 0.29) is 12.4 Å². The molecule has 8 nitrogen and oxygen atoms in total. The van der Waals surface area contributed by atoms with Crippen LogP contribution < -0.4 is 20.9 Å². The molecule has 1 aromatic rings. The molecule has 0 atom stereocenters. The highest BCUT2D eigenvalue weighted by molar-refractivity contribution is 7.91. The third-order valence-corrected chi connectivity index (χ3v) is 3.80. The lowest BCUT2D eigenvalue weighted by Crippen LogP contribution is -2.27. The Bertz CT molecular complexity index is 781. The van der Waals surface area contributed by atoms with Gasteiger partial charge in [0.2, 0.25) is 0 Å². The van der Waals surface area contributed by atoms with E-state index in [1.807, 2.05) is 6.92 Å². The van der Waals surface area contributed by atoms with Crippen LogP contribution in [0.2, 0.25) is 0 Å². The van der Waals surface area contributed by atoms with Crippen LogP contribution in [-0.4, -0.2) is 33.6 Å². The number of hydrogen-bond acceptors (Lipinski definition) is 6. The minimum absolute atomic E-state index is 0.114. The lowest BCUT2D eigenvalue weighted by Gasteiger charge is -2.19. The average molecular weight is 323 g/mol. The summed E-state index contributed by atoms with van der Waals surface area (Å²) in [7, 11) is -2.14. The van der Waals surface area contributed by atoms with E-state index in [2.05, 4.69) is 14.1 Å². The minimum Gasteiger partial charge on any atom is -0.487 e. The Kier molecular flexibility index (Phi) is 4.36. The molecule has 1 aliphatic heterocycles. The zero-order valence-corrected chi connectivity index (χ0v) is 13.0. The molecule has 0 saturated carbocycles. The first kappa shape index (κ1) is 15.8. The molecule has 0 spiro atoms. The number of benzene rings is 1. The van der Waals surface area contributed by atoms with Gasteiger partial charge in [-0.3, -0.25) is 9.71 Å². The van der Waals surface area contributed by atoms with E-state index in [0.717, 1.165) is 5.71 Å². The number of aliphatic imine (C=N–C) groups is 1. The van der Waals surface area contributed by atoms with Gasteiger partial charge in [-0.05, 0) is 25.1 Å². The predicted octanol–water partition coefficient (Wildman–Crippen LogP) is 0.374. The fraction of sp³-hybridized carbons (Fsp3) is 0.231. The van der Waals surface area contributed by atoms with E-state index in [0.29, 0.717) is 22.7 Å². The van der Waals surface area contributed by atoms with Crippen molar-refractivity contribution in [1.82, 2.24) is 0 Å². The van der Waals surface area contributed by atoms with Crippen LogP contribution in [0.15, 0.2) is 39.4 Å². The molecular formula is C13H17N5O3S. The number of rotatable bonds is 4. The highest BCUT2D eigenvalue weighted by atomic mass is 32.2. The van der Waals surface area contributed by atoms with Crippen LogP contribution in [-0.2, 0) is 10.2 Å². The van der Waals surface area contributed by atoms with Crippen molar-refractivity contribution in [2.24, 2.45) is 20.9 Å². The van der Waals surface area contributed by atoms with E-state index in [1.165, 1.54) is 0 Å². The van der Waals surface area contributed by atoms with E-state index >= 15 is 0 Å². The van der Waals surface area contributed by atoms with Gasteiger partial charge >= 0.3 is 10.2 Å². The summed E-state index contributed by atoms with van der Waals surface area (Å²) >= 11 is 0. The maximum atomic E-state index is 11.5. The van der Waals surface area contributed by atoms with Gasteiger partial charge in [0.05, 0.1) is 11.3 Å². The van der Waals surface area contributed by atoms with Crippen LogP contribution in [0.4, 0.5) is 5.69 Å². The zero-order chi connectivity index (χ0) is 16.3. The molecule has 2 rings (SSSR count). The first-order valence-electron chi connectivity index (χ1n) is 6.36. The molecule has 0 amide bonds. The Hall–Kier alpha value is -2.55. The molecule has 118 valence electrons. The first-order valence-corrected chi connectivity index (χ1v) is 7.80. The van der Waals surface area contributed by atoms with E-state index in [1.54, 1.807) is 31.3 Å². The Morgan fingerprint density at radius 3 is 2.91 bits per heavy atom. The normalized spacial score (nSPS) is 17.3. The first-order chi connectivity index (χ1) is 10.3. The number of nitrogens with zero attached hydrogens (tertiary/aromatic N) is 2. The van der Waals surface area contributed by atoms with Crippen molar-refractivity contribution in [3.8, 4) is 5.75 Å². The van der Waals surface area contributed by atoms with E-state index < -0.39 is 10.2 Å². The molecule has 1 aliphatic rings. The quantitative estimate of drug-likeness (QED) is 0.689. The molecule has 0 unspecified atom stereocenters. The van der Waals surface area contributed by atoms with E-state index in [9.17, 15) is 8.42 Å².